The van der Waals surface area contributed by atoms with Crippen molar-refractivity contribution in [2.75, 3.05) is 18.4 Å². The average Bonchev–Trinajstić information content (AvgIpc) is 2.84. The van der Waals surface area contributed by atoms with Gasteiger partial charge in [0.15, 0.2) is 0 Å². The number of hydrogen-bond acceptors (Lipinski definition) is 3. The number of pyridine rings is 1. The Morgan fingerprint density at radius 2 is 1.64 bits per heavy atom. The first-order valence-electron chi connectivity index (χ1n) is 11.9. The fourth-order valence-electron chi connectivity index (χ4n) is 4.80. The minimum atomic E-state index is 0.0187. The zero-order valence-electron chi connectivity index (χ0n) is 19.2. The van der Waals surface area contributed by atoms with Crippen LogP contribution in [0.2, 0.25) is 0 Å². The zero-order valence-corrected chi connectivity index (χ0v) is 19.2. The molecule has 168 valence electrons. The van der Waals surface area contributed by atoms with Gasteiger partial charge < -0.3 is 15.2 Å². The van der Waals surface area contributed by atoms with E-state index in [-0.39, 0.29) is 5.56 Å². The van der Waals surface area contributed by atoms with Gasteiger partial charge in [0.05, 0.1) is 12.1 Å². The van der Waals surface area contributed by atoms with Gasteiger partial charge in [-0.1, -0.05) is 42.5 Å². The molecule has 0 spiro atoms. The lowest BCUT2D eigenvalue weighted by atomic mass is 9.91. The molecule has 3 aromatic carbocycles. The van der Waals surface area contributed by atoms with Crippen LogP contribution in [0, 0.1) is 12.8 Å². The lowest BCUT2D eigenvalue weighted by Crippen LogP contribution is -2.28. The van der Waals surface area contributed by atoms with Gasteiger partial charge >= 0.3 is 0 Å². The van der Waals surface area contributed by atoms with Crippen LogP contribution in [-0.2, 0) is 13.0 Å². The number of fused-ring (bicyclic) bond motifs is 1. The third-order valence-corrected chi connectivity index (χ3v) is 6.81. The fraction of sp³-hybridized carbons (Fsp3) is 0.276. The summed E-state index contributed by atoms with van der Waals surface area (Å²) in [5, 5.41) is 8.03. The van der Waals surface area contributed by atoms with Gasteiger partial charge in [-0.2, -0.15) is 0 Å². The number of aryl methyl sites for hydroxylation is 1. The first-order chi connectivity index (χ1) is 16.2. The van der Waals surface area contributed by atoms with E-state index in [9.17, 15) is 4.79 Å². The quantitative estimate of drug-likeness (QED) is 0.410. The number of benzene rings is 3. The van der Waals surface area contributed by atoms with E-state index in [1.807, 2.05) is 22.8 Å². The summed E-state index contributed by atoms with van der Waals surface area (Å²) in [5.74, 6) is 0.788. The molecule has 1 aromatic heterocycles. The van der Waals surface area contributed by atoms with Gasteiger partial charge in [-0.3, -0.25) is 4.79 Å². The highest BCUT2D eigenvalue weighted by Gasteiger charge is 2.13. The molecule has 4 aromatic rings. The van der Waals surface area contributed by atoms with Crippen LogP contribution < -0.4 is 16.2 Å². The third-order valence-electron chi connectivity index (χ3n) is 6.81. The van der Waals surface area contributed by atoms with Crippen LogP contribution in [-0.4, -0.2) is 17.7 Å². The van der Waals surface area contributed by atoms with Crippen LogP contribution in [0.25, 0.3) is 10.9 Å². The zero-order chi connectivity index (χ0) is 22.6. The summed E-state index contributed by atoms with van der Waals surface area (Å²) in [6, 6.07) is 26.8. The molecule has 1 aliphatic heterocycles. The standard InChI is InChI=1S/C29H31N3O/c1-21-4-2-3-5-25(21)20-32-28-19-27(12-8-24(28)9-13-29(32)33)31-26-10-6-22(7-11-26)18-23-14-16-30-17-15-23/h2-13,19,23,30-31H,14-18,20H2,1H3. The van der Waals surface area contributed by atoms with Crippen molar-refractivity contribution in [2.45, 2.75) is 32.7 Å². The van der Waals surface area contributed by atoms with E-state index in [0.717, 1.165) is 53.3 Å². The highest BCUT2D eigenvalue weighted by atomic mass is 16.1. The summed E-state index contributed by atoms with van der Waals surface area (Å²) in [4.78, 5) is 12.8. The second-order valence-electron chi connectivity index (χ2n) is 9.18. The second kappa shape index (κ2) is 9.63. The van der Waals surface area contributed by atoms with E-state index in [1.165, 1.54) is 24.0 Å². The highest BCUT2D eigenvalue weighted by Crippen LogP contribution is 2.24. The van der Waals surface area contributed by atoms with Crippen LogP contribution >= 0.6 is 0 Å². The Hall–Kier alpha value is -3.37. The molecule has 0 saturated carbocycles. The molecule has 0 amide bonds. The number of piperidine rings is 1. The molecule has 2 N–H and O–H groups in total. The van der Waals surface area contributed by atoms with Crippen molar-refractivity contribution in [3.05, 3.63) is 106 Å². The smallest absolute Gasteiger partial charge is 0.251 e. The van der Waals surface area contributed by atoms with E-state index in [1.54, 1.807) is 6.07 Å². The van der Waals surface area contributed by atoms with E-state index >= 15 is 0 Å². The van der Waals surface area contributed by atoms with Crippen molar-refractivity contribution >= 4 is 22.3 Å². The van der Waals surface area contributed by atoms with E-state index < -0.39 is 0 Å². The molecular formula is C29H31N3O. The molecule has 0 radical (unpaired) electrons. The lowest BCUT2D eigenvalue weighted by Gasteiger charge is -2.22. The molecule has 2 heterocycles. The maximum absolute atomic E-state index is 12.8. The maximum Gasteiger partial charge on any atom is 0.251 e. The minimum Gasteiger partial charge on any atom is -0.355 e. The third kappa shape index (κ3) is 5.01. The summed E-state index contributed by atoms with van der Waals surface area (Å²) < 4.78 is 1.87. The van der Waals surface area contributed by atoms with E-state index in [2.05, 4.69) is 72.2 Å². The van der Waals surface area contributed by atoms with Crippen molar-refractivity contribution in [3.8, 4) is 0 Å². The van der Waals surface area contributed by atoms with Gasteiger partial charge in [0, 0.05) is 17.4 Å². The van der Waals surface area contributed by atoms with Gasteiger partial charge in [0.1, 0.15) is 0 Å². The Bertz CT molecular complexity index is 1300. The molecule has 1 saturated heterocycles. The summed E-state index contributed by atoms with van der Waals surface area (Å²) in [6.45, 7) is 4.94. The van der Waals surface area contributed by atoms with Gasteiger partial charge in [-0.25, -0.2) is 0 Å². The SMILES string of the molecule is Cc1ccccc1Cn1c(=O)ccc2ccc(Nc3ccc(CC4CCNCC4)cc3)cc21. The number of aromatic nitrogens is 1. The van der Waals surface area contributed by atoms with Gasteiger partial charge in [0.2, 0.25) is 0 Å². The monoisotopic (exact) mass is 437 g/mol. The van der Waals surface area contributed by atoms with Gasteiger partial charge in [-0.15, -0.1) is 0 Å². The van der Waals surface area contributed by atoms with Crippen LogP contribution in [0.5, 0.6) is 0 Å². The second-order valence-corrected chi connectivity index (χ2v) is 9.18. The van der Waals surface area contributed by atoms with Crippen LogP contribution in [0.4, 0.5) is 11.4 Å². The van der Waals surface area contributed by atoms with Crippen molar-refractivity contribution in [1.29, 1.82) is 0 Å². The topological polar surface area (TPSA) is 46.1 Å². The first-order valence-corrected chi connectivity index (χ1v) is 11.9. The Balaban J connectivity index is 1.37. The summed E-state index contributed by atoms with van der Waals surface area (Å²) >= 11 is 0. The largest absolute Gasteiger partial charge is 0.355 e. The van der Waals surface area contributed by atoms with Crippen molar-refractivity contribution in [1.82, 2.24) is 9.88 Å². The Morgan fingerprint density at radius 1 is 0.909 bits per heavy atom. The lowest BCUT2D eigenvalue weighted by molar-refractivity contribution is 0.372. The first kappa shape index (κ1) is 21.5. The fourth-order valence-corrected chi connectivity index (χ4v) is 4.80. The molecule has 0 atom stereocenters. The molecule has 5 rings (SSSR count). The summed E-state index contributed by atoms with van der Waals surface area (Å²) in [6.07, 6.45) is 3.69. The predicted octanol–water partition coefficient (Wildman–Crippen LogP) is 5.64. The molecule has 0 aliphatic carbocycles. The normalized spacial score (nSPS) is 14.5. The average molecular weight is 438 g/mol. The van der Waals surface area contributed by atoms with E-state index in [0.29, 0.717) is 6.54 Å². The summed E-state index contributed by atoms with van der Waals surface area (Å²) in [5.41, 5.74) is 6.77. The molecule has 1 aliphatic rings. The molecule has 4 nitrogen and oxygen atoms in total. The predicted molar refractivity (Wildman–Crippen MR) is 138 cm³/mol. The van der Waals surface area contributed by atoms with E-state index in [4.69, 9.17) is 0 Å². The number of rotatable bonds is 6. The van der Waals surface area contributed by atoms with Crippen molar-refractivity contribution < 1.29 is 0 Å². The van der Waals surface area contributed by atoms with Crippen LogP contribution in [0.1, 0.15) is 29.5 Å². The Morgan fingerprint density at radius 3 is 2.42 bits per heavy atom. The number of anilines is 2. The molecule has 33 heavy (non-hydrogen) atoms. The Kier molecular flexibility index (Phi) is 6.27. The number of nitrogens with one attached hydrogen (secondary N) is 2. The van der Waals surface area contributed by atoms with Crippen molar-refractivity contribution in [3.63, 3.8) is 0 Å². The van der Waals surface area contributed by atoms with Crippen molar-refractivity contribution in [2.24, 2.45) is 5.92 Å². The number of nitrogens with zero attached hydrogens (tertiary/aromatic N) is 1. The van der Waals surface area contributed by atoms with Crippen LogP contribution in [0.3, 0.4) is 0 Å². The highest BCUT2D eigenvalue weighted by molar-refractivity contribution is 5.83. The maximum atomic E-state index is 12.8. The van der Waals surface area contributed by atoms with Crippen LogP contribution in [0.15, 0.2) is 83.7 Å². The summed E-state index contributed by atoms with van der Waals surface area (Å²) in [7, 11) is 0. The minimum absolute atomic E-state index is 0.0187. The van der Waals surface area contributed by atoms with Gasteiger partial charge in [0.25, 0.3) is 5.56 Å². The number of hydrogen-bond donors (Lipinski definition) is 2. The molecular weight excluding hydrogens is 406 g/mol. The molecule has 0 unspecified atom stereocenters. The molecule has 0 bridgehead atoms. The van der Waals surface area contributed by atoms with Gasteiger partial charge in [-0.05, 0) is 97.6 Å². The molecule has 1 fully saturated rings. The molecule has 4 heteroatoms. The Labute approximate surface area is 195 Å².